The molecule has 2 rings (SSSR count). The fourth-order valence-electron chi connectivity index (χ4n) is 3.05. The number of carbonyl (C=O) groups excluding carboxylic acids is 1. The molecule has 1 atom stereocenters. The van der Waals surface area contributed by atoms with Crippen LogP contribution >= 0.6 is 0 Å². The van der Waals surface area contributed by atoms with Crippen LogP contribution in [0.4, 0.5) is 0 Å². The number of rotatable bonds is 4. The summed E-state index contributed by atoms with van der Waals surface area (Å²) in [6.07, 6.45) is 5.64. The largest absolute Gasteiger partial charge is 0.289 e. The van der Waals surface area contributed by atoms with E-state index in [9.17, 15) is 4.79 Å². The molecule has 0 heterocycles. The first-order chi connectivity index (χ1) is 13.2. The first kappa shape index (κ1) is 23.3. The fraction of sp³-hybridized carbons (Fsp3) is 0.500. The Morgan fingerprint density at radius 1 is 0.793 bits per heavy atom. The number of ketones is 1. The highest BCUT2D eigenvalue weighted by atomic mass is 17.2. The first-order valence-corrected chi connectivity index (χ1v) is 10.3. The van der Waals surface area contributed by atoms with Gasteiger partial charge in [0, 0.05) is 11.1 Å². The quantitative estimate of drug-likeness (QED) is 0.409. The Labute approximate surface area is 176 Å². The van der Waals surface area contributed by atoms with Crippen molar-refractivity contribution >= 4 is 5.78 Å². The van der Waals surface area contributed by atoms with Crippen LogP contribution in [0.25, 0.3) is 0 Å². The zero-order valence-corrected chi connectivity index (χ0v) is 19.4. The number of hydrogen-bond donors (Lipinski definition) is 0. The summed E-state index contributed by atoms with van der Waals surface area (Å²) in [5.74, 6) is 0.130. The van der Waals surface area contributed by atoms with Crippen molar-refractivity contribution in [2.75, 3.05) is 0 Å². The smallest absolute Gasteiger partial charge is 0.186 e. The summed E-state index contributed by atoms with van der Waals surface area (Å²) in [6, 6.07) is 9.98. The number of Topliss-reactive ketones (excluding diaryl/α,β-unsaturated/α-hetero) is 1. The predicted molar refractivity (Wildman–Crippen MR) is 119 cm³/mol. The maximum Gasteiger partial charge on any atom is 0.186 e. The molecule has 0 aliphatic heterocycles. The Kier molecular flexibility index (Phi) is 6.76. The molecule has 0 saturated heterocycles. The van der Waals surface area contributed by atoms with Crippen LogP contribution in [0.3, 0.4) is 0 Å². The van der Waals surface area contributed by atoms with Crippen molar-refractivity contribution in [2.45, 2.75) is 74.0 Å². The second kappa shape index (κ2) is 8.41. The molecule has 158 valence electrons. The summed E-state index contributed by atoms with van der Waals surface area (Å²) >= 11 is 0. The Morgan fingerprint density at radius 3 is 1.69 bits per heavy atom. The fourth-order valence-corrected chi connectivity index (χ4v) is 3.05. The van der Waals surface area contributed by atoms with Gasteiger partial charge in [-0.3, -0.25) is 4.79 Å². The molecule has 0 spiro atoms. The molecule has 1 aliphatic rings. The summed E-state index contributed by atoms with van der Waals surface area (Å²) in [4.78, 5) is 24.6. The van der Waals surface area contributed by atoms with Crippen LogP contribution in [0, 0.1) is 10.8 Å². The van der Waals surface area contributed by atoms with Gasteiger partial charge in [-0.2, -0.15) is 0 Å². The minimum Gasteiger partial charge on any atom is -0.289 e. The lowest BCUT2D eigenvalue weighted by atomic mass is 9.72. The van der Waals surface area contributed by atoms with Crippen molar-refractivity contribution < 1.29 is 14.6 Å². The average Bonchev–Trinajstić information content (AvgIpc) is 2.57. The van der Waals surface area contributed by atoms with Gasteiger partial charge in [-0.05, 0) is 61.0 Å². The average molecular weight is 397 g/mol. The molecule has 1 aromatic rings. The highest BCUT2D eigenvalue weighted by Gasteiger charge is 2.34. The second-order valence-corrected chi connectivity index (χ2v) is 10.7. The van der Waals surface area contributed by atoms with Crippen LogP contribution in [-0.4, -0.2) is 11.4 Å². The monoisotopic (exact) mass is 396 g/mol. The van der Waals surface area contributed by atoms with E-state index >= 15 is 0 Å². The molecule has 0 saturated carbocycles. The molecular weight excluding hydrogens is 360 g/mol. The van der Waals surface area contributed by atoms with E-state index in [2.05, 4.69) is 41.5 Å². The number of carbonyl (C=O) groups is 1. The molecule has 3 nitrogen and oxygen atoms in total. The van der Waals surface area contributed by atoms with Gasteiger partial charge in [0.1, 0.15) is 6.10 Å². The third-order valence-electron chi connectivity index (χ3n) is 4.60. The van der Waals surface area contributed by atoms with E-state index in [4.69, 9.17) is 9.78 Å². The van der Waals surface area contributed by atoms with E-state index in [1.54, 1.807) is 0 Å². The van der Waals surface area contributed by atoms with Crippen molar-refractivity contribution in [1.82, 2.24) is 0 Å². The summed E-state index contributed by atoms with van der Waals surface area (Å²) in [7, 11) is 0. The molecule has 1 unspecified atom stereocenters. The van der Waals surface area contributed by atoms with Crippen LogP contribution in [0.1, 0.15) is 74.0 Å². The highest BCUT2D eigenvalue weighted by Crippen LogP contribution is 2.39. The van der Waals surface area contributed by atoms with Gasteiger partial charge < -0.3 is 0 Å². The summed E-state index contributed by atoms with van der Waals surface area (Å²) in [5, 5.41) is 0. The lowest BCUT2D eigenvalue weighted by molar-refractivity contribution is -0.367. The SMILES string of the molecule is CC(C)(C)OOC(C=C1C=C(C(C)(C)C)C(=O)C(C(C)(C)C)=C1)c1ccccc1. The Morgan fingerprint density at radius 2 is 1.28 bits per heavy atom. The van der Waals surface area contributed by atoms with Gasteiger partial charge in [0.25, 0.3) is 0 Å². The van der Waals surface area contributed by atoms with Gasteiger partial charge in [0.15, 0.2) is 5.78 Å². The second-order valence-electron chi connectivity index (χ2n) is 10.7. The maximum absolute atomic E-state index is 13.2. The molecule has 0 amide bonds. The van der Waals surface area contributed by atoms with Crippen LogP contribution in [0.15, 0.2) is 65.3 Å². The highest BCUT2D eigenvalue weighted by molar-refractivity contribution is 6.11. The molecule has 0 radical (unpaired) electrons. The molecule has 0 aromatic heterocycles. The van der Waals surface area contributed by atoms with Crippen molar-refractivity contribution in [1.29, 1.82) is 0 Å². The first-order valence-electron chi connectivity index (χ1n) is 10.3. The topological polar surface area (TPSA) is 35.5 Å². The lowest BCUT2D eigenvalue weighted by Crippen LogP contribution is -2.28. The Bertz CT molecular complexity index is 783. The Hall–Kier alpha value is -1.97. The molecule has 1 aliphatic carbocycles. The summed E-state index contributed by atoms with van der Waals surface area (Å²) < 4.78 is 0. The predicted octanol–water partition coefficient (Wildman–Crippen LogP) is 6.93. The maximum atomic E-state index is 13.2. The van der Waals surface area contributed by atoms with Crippen molar-refractivity contribution in [3.05, 3.63) is 70.8 Å². The van der Waals surface area contributed by atoms with E-state index in [0.717, 1.165) is 22.3 Å². The van der Waals surface area contributed by atoms with Crippen LogP contribution in [0.2, 0.25) is 0 Å². The zero-order valence-electron chi connectivity index (χ0n) is 19.4. The van der Waals surface area contributed by atoms with Gasteiger partial charge in [0.05, 0.1) is 5.60 Å². The third-order valence-corrected chi connectivity index (χ3v) is 4.60. The molecule has 0 fully saturated rings. The van der Waals surface area contributed by atoms with E-state index in [-0.39, 0.29) is 22.7 Å². The summed E-state index contributed by atoms with van der Waals surface area (Å²) in [6.45, 7) is 18.3. The van der Waals surface area contributed by atoms with Gasteiger partial charge in [-0.15, -0.1) is 0 Å². The van der Waals surface area contributed by atoms with Crippen LogP contribution < -0.4 is 0 Å². The standard InChI is InChI=1S/C26H36O3/c1-24(2,3)20-15-18(16-21(23(20)27)25(4,5)6)17-22(28-29-26(7,8)9)19-13-11-10-12-14-19/h10-17,22H,1-9H3. The molecular formula is C26H36O3. The molecule has 3 heteroatoms. The molecule has 1 aromatic carbocycles. The summed E-state index contributed by atoms with van der Waals surface area (Å²) in [5.41, 5.74) is 2.69. The van der Waals surface area contributed by atoms with E-state index < -0.39 is 5.60 Å². The van der Waals surface area contributed by atoms with Crippen LogP contribution in [0.5, 0.6) is 0 Å². The van der Waals surface area contributed by atoms with Gasteiger partial charge in [-0.25, -0.2) is 9.78 Å². The third kappa shape index (κ3) is 6.52. The van der Waals surface area contributed by atoms with E-state index in [1.165, 1.54) is 0 Å². The zero-order chi connectivity index (χ0) is 22.0. The van der Waals surface area contributed by atoms with E-state index in [0.29, 0.717) is 0 Å². The molecule has 0 N–H and O–H groups in total. The van der Waals surface area contributed by atoms with Gasteiger partial charge >= 0.3 is 0 Å². The normalized spacial score (nSPS) is 17.0. The molecule has 0 bridgehead atoms. The Balaban J connectivity index is 2.55. The van der Waals surface area contributed by atoms with E-state index in [1.807, 2.05) is 69.3 Å². The van der Waals surface area contributed by atoms with Crippen molar-refractivity contribution in [3.8, 4) is 0 Å². The minimum absolute atomic E-state index is 0.130. The van der Waals surface area contributed by atoms with Crippen molar-refractivity contribution in [2.24, 2.45) is 10.8 Å². The minimum atomic E-state index is -0.424. The van der Waals surface area contributed by atoms with Gasteiger partial charge in [0.2, 0.25) is 0 Å². The lowest BCUT2D eigenvalue weighted by Gasteiger charge is -2.31. The van der Waals surface area contributed by atoms with Gasteiger partial charge in [-0.1, -0.05) is 71.9 Å². The number of benzene rings is 1. The van der Waals surface area contributed by atoms with Crippen molar-refractivity contribution in [3.63, 3.8) is 0 Å². The number of hydrogen-bond acceptors (Lipinski definition) is 3. The molecule has 29 heavy (non-hydrogen) atoms. The number of allylic oxidation sites excluding steroid dienone is 5. The van der Waals surface area contributed by atoms with Crippen LogP contribution in [-0.2, 0) is 14.6 Å².